The predicted octanol–water partition coefficient (Wildman–Crippen LogP) is 6.89. The summed E-state index contributed by atoms with van der Waals surface area (Å²) in [6.45, 7) is 12.8. The highest BCUT2D eigenvalue weighted by molar-refractivity contribution is 7.53. The van der Waals surface area contributed by atoms with Crippen LogP contribution in [0, 0.1) is 19.3 Å². The Hall–Kier alpha value is -2.14. The molecule has 0 saturated heterocycles. The summed E-state index contributed by atoms with van der Waals surface area (Å²) in [5, 5.41) is 2.99. The maximum atomic E-state index is 12.8. The molecule has 0 saturated carbocycles. The summed E-state index contributed by atoms with van der Waals surface area (Å²) in [4.78, 5) is 12.8. The second-order valence-corrected chi connectivity index (χ2v) is 10.9. The van der Waals surface area contributed by atoms with E-state index in [2.05, 4.69) is 17.4 Å². The van der Waals surface area contributed by atoms with Gasteiger partial charge in [0.1, 0.15) is 5.75 Å². The second kappa shape index (κ2) is 12.4. The van der Waals surface area contributed by atoms with Crippen molar-refractivity contribution in [1.82, 2.24) is 0 Å². The molecule has 33 heavy (non-hydrogen) atoms. The lowest BCUT2D eigenvalue weighted by Gasteiger charge is -2.24. The molecule has 2 rings (SSSR count). The molecule has 0 aliphatic rings. The first-order valence-electron chi connectivity index (χ1n) is 11.6. The van der Waals surface area contributed by atoms with E-state index in [0.29, 0.717) is 31.9 Å². The first-order valence-corrected chi connectivity index (χ1v) is 13.3. The Balaban J connectivity index is 1.87. The third-order valence-corrected chi connectivity index (χ3v) is 7.46. The van der Waals surface area contributed by atoms with Gasteiger partial charge in [0.25, 0.3) is 0 Å². The highest BCUT2D eigenvalue weighted by atomic mass is 31.2. The van der Waals surface area contributed by atoms with Crippen LogP contribution < -0.4 is 10.1 Å². The van der Waals surface area contributed by atoms with Gasteiger partial charge in [-0.3, -0.25) is 9.36 Å². The number of benzene rings is 2. The van der Waals surface area contributed by atoms with Crippen LogP contribution in [0.15, 0.2) is 42.5 Å². The molecule has 6 nitrogen and oxygen atoms in total. The predicted molar refractivity (Wildman–Crippen MR) is 134 cm³/mol. The van der Waals surface area contributed by atoms with E-state index in [0.717, 1.165) is 23.3 Å². The van der Waals surface area contributed by atoms with E-state index in [9.17, 15) is 9.36 Å². The minimum atomic E-state index is -3.15. The third-order valence-electron chi connectivity index (χ3n) is 5.40. The molecular weight excluding hydrogens is 437 g/mol. The highest BCUT2D eigenvalue weighted by Gasteiger charge is 2.28. The molecule has 0 spiro atoms. The monoisotopic (exact) mass is 475 g/mol. The summed E-state index contributed by atoms with van der Waals surface area (Å²) >= 11 is 0. The number of amides is 1. The van der Waals surface area contributed by atoms with E-state index in [4.69, 9.17) is 13.8 Å². The summed E-state index contributed by atoms with van der Waals surface area (Å²) in [7, 11) is -3.15. The maximum Gasteiger partial charge on any atom is 0.335 e. The minimum Gasteiger partial charge on any atom is -0.493 e. The van der Waals surface area contributed by atoms with Gasteiger partial charge in [0.2, 0.25) is 5.91 Å². The van der Waals surface area contributed by atoms with Gasteiger partial charge in [-0.15, -0.1) is 0 Å². The Morgan fingerprint density at radius 2 is 1.64 bits per heavy atom. The molecule has 0 radical (unpaired) electrons. The van der Waals surface area contributed by atoms with Crippen LogP contribution in [0.4, 0.5) is 5.69 Å². The van der Waals surface area contributed by atoms with Crippen LogP contribution in [0.25, 0.3) is 0 Å². The molecule has 0 fully saturated rings. The highest BCUT2D eigenvalue weighted by Crippen LogP contribution is 2.51. The van der Waals surface area contributed by atoms with Crippen LogP contribution in [0.2, 0.25) is 0 Å². The van der Waals surface area contributed by atoms with E-state index in [1.165, 1.54) is 5.56 Å². The average Bonchev–Trinajstić information content (AvgIpc) is 2.75. The van der Waals surface area contributed by atoms with E-state index in [-0.39, 0.29) is 12.1 Å². The summed E-state index contributed by atoms with van der Waals surface area (Å²) in [5.41, 5.74) is 3.27. The normalized spacial score (nSPS) is 11.9. The van der Waals surface area contributed by atoms with E-state index >= 15 is 0 Å². The molecule has 0 aliphatic carbocycles. The zero-order chi connectivity index (χ0) is 24.5. The third kappa shape index (κ3) is 8.62. The molecule has 1 N–H and O–H groups in total. The molecule has 0 unspecified atom stereocenters. The van der Waals surface area contributed by atoms with Crippen molar-refractivity contribution in [2.75, 3.05) is 25.1 Å². The van der Waals surface area contributed by atoms with Gasteiger partial charge in [0.05, 0.1) is 26.0 Å². The van der Waals surface area contributed by atoms with E-state index in [1.807, 2.05) is 58.0 Å². The number of ether oxygens (including phenoxy) is 1. The lowest BCUT2D eigenvalue weighted by atomic mass is 9.87. The topological polar surface area (TPSA) is 73.9 Å². The average molecular weight is 476 g/mol. The van der Waals surface area contributed by atoms with Gasteiger partial charge < -0.3 is 19.1 Å². The number of hydrogen-bond donors (Lipinski definition) is 1. The maximum absolute atomic E-state index is 12.8. The molecule has 2 aromatic rings. The largest absolute Gasteiger partial charge is 0.493 e. The Morgan fingerprint density at radius 3 is 2.24 bits per heavy atom. The van der Waals surface area contributed by atoms with E-state index < -0.39 is 13.0 Å². The molecule has 2 aromatic carbocycles. The van der Waals surface area contributed by atoms with Crippen molar-refractivity contribution in [1.29, 1.82) is 0 Å². The number of anilines is 1. The summed E-state index contributed by atoms with van der Waals surface area (Å²) < 4.78 is 29.3. The molecule has 0 bridgehead atoms. The number of carbonyl (C=O) groups is 1. The standard InChI is InChI=1S/C26H38NO5P/c1-7-31-33(29,32-8-2)19-22-12-14-23(15-13-22)27-25(28)26(5,6)16-9-17-30-24-18-20(3)10-11-21(24)4/h10-15,18H,7-9,16-17,19H2,1-6H3,(H,27,28). The Labute approximate surface area is 198 Å². The van der Waals surface area contributed by atoms with Crippen molar-refractivity contribution >= 4 is 19.2 Å². The molecular formula is C26H38NO5P. The number of nitrogens with one attached hydrogen (secondary N) is 1. The fourth-order valence-corrected chi connectivity index (χ4v) is 5.11. The van der Waals surface area contributed by atoms with Crippen LogP contribution >= 0.6 is 7.60 Å². The Morgan fingerprint density at radius 1 is 1.00 bits per heavy atom. The van der Waals surface area contributed by atoms with Gasteiger partial charge in [-0.1, -0.05) is 38.1 Å². The second-order valence-electron chi connectivity index (χ2n) is 8.86. The minimum absolute atomic E-state index is 0.0451. The number of aryl methyl sites for hydroxylation is 2. The van der Waals surface area contributed by atoms with Crippen molar-refractivity contribution in [3.05, 3.63) is 59.2 Å². The van der Waals surface area contributed by atoms with Crippen LogP contribution in [-0.4, -0.2) is 25.7 Å². The molecule has 0 heterocycles. The molecule has 0 atom stereocenters. The lowest BCUT2D eigenvalue weighted by Crippen LogP contribution is -2.31. The summed E-state index contributed by atoms with van der Waals surface area (Å²) in [6, 6.07) is 13.5. The van der Waals surface area contributed by atoms with Gasteiger partial charge in [-0.25, -0.2) is 0 Å². The van der Waals surface area contributed by atoms with Crippen LogP contribution in [0.5, 0.6) is 5.75 Å². The van der Waals surface area contributed by atoms with Gasteiger partial charge >= 0.3 is 7.60 Å². The quantitative estimate of drug-likeness (QED) is 0.252. The van der Waals surface area contributed by atoms with Crippen molar-refractivity contribution in [2.24, 2.45) is 5.41 Å². The zero-order valence-corrected chi connectivity index (χ0v) is 21.7. The smallest absolute Gasteiger partial charge is 0.335 e. The lowest BCUT2D eigenvalue weighted by molar-refractivity contribution is -0.124. The van der Waals surface area contributed by atoms with Gasteiger partial charge in [-0.05, 0) is 75.4 Å². The van der Waals surface area contributed by atoms with Crippen molar-refractivity contribution in [3.8, 4) is 5.75 Å². The van der Waals surface area contributed by atoms with Crippen molar-refractivity contribution < 1.29 is 23.1 Å². The van der Waals surface area contributed by atoms with Gasteiger partial charge in [-0.2, -0.15) is 0 Å². The van der Waals surface area contributed by atoms with Crippen molar-refractivity contribution in [2.45, 2.75) is 60.5 Å². The zero-order valence-electron chi connectivity index (χ0n) is 20.8. The van der Waals surface area contributed by atoms with Crippen molar-refractivity contribution in [3.63, 3.8) is 0 Å². The number of rotatable bonds is 13. The summed E-state index contributed by atoms with van der Waals surface area (Å²) in [5.74, 6) is 0.854. The molecule has 182 valence electrons. The van der Waals surface area contributed by atoms with Crippen LogP contribution in [-0.2, 0) is 24.6 Å². The van der Waals surface area contributed by atoms with Crippen LogP contribution in [0.3, 0.4) is 0 Å². The Bertz CT molecular complexity index is 946. The first-order chi connectivity index (χ1) is 15.6. The number of hydrogen-bond acceptors (Lipinski definition) is 5. The SMILES string of the molecule is CCOP(=O)(Cc1ccc(NC(=O)C(C)(C)CCCOc2cc(C)ccc2C)cc1)OCC. The van der Waals surface area contributed by atoms with Gasteiger partial charge in [0, 0.05) is 11.1 Å². The molecule has 1 amide bonds. The number of carbonyl (C=O) groups excluding carboxylic acids is 1. The molecule has 7 heteroatoms. The Kier molecular flexibility index (Phi) is 10.2. The fourth-order valence-electron chi connectivity index (χ4n) is 3.41. The first kappa shape index (κ1) is 27.1. The fraction of sp³-hybridized carbons (Fsp3) is 0.500. The van der Waals surface area contributed by atoms with Gasteiger partial charge in [0.15, 0.2) is 0 Å². The molecule has 0 aromatic heterocycles. The van der Waals surface area contributed by atoms with Crippen LogP contribution in [0.1, 0.15) is 57.2 Å². The molecule has 0 aliphatic heterocycles. The summed E-state index contributed by atoms with van der Waals surface area (Å²) in [6.07, 6.45) is 1.68. The van der Waals surface area contributed by atoms with E-state index in [1.54, 1.807) is 13.8 Å².